The van der Waals surface area contributed by atoms with Crippen LogP contribution in [0.5, 0.6) is 0 Å². The Hall–Kier alpha value is -0.610. The van der Waals surface area contributed by atoms with E-state index in [1.54, 1.807) is 0 Å². The van der Waals surface area contributed by atoms with E-state index in [1.807, 2.05) is 7.05 Å². The van der Waals surface area contributed by atoms with Gasteiger partial charge in [0.1, 0.15) is 0 Å². The monoisotopic (exact) mass is 199 g/mol. The van der Waals surface area contributed by atoms with Crippen LogP contribution in [0.2, 0.25) is 0 Å². The lowest BCUT2D eigenvalue weighted by molar-refractivity contribution is -0.121. The fourth-order valence-corrected chi connectivity index (χ4v) is 1.88. The summed E-state index contributed by atoms with van der Waals surface area (Å²) in [5.41, 5.74) is 0. The maximum Gasteiger partial charge on any atom is 0.234 e. The normalized spacial score (nSPS) is 21.4. The van der Waals surface area contributed by atoms with Crippen molar-refractivity contribution in [1.82, 2.24) is 15.5 Å². The molecule has 2 N–H and O–H groups in total. The van der Waals surface area contributed by atoms with Crippen molar-refractivity contribution in [2.75, 3.05) is 39.8 Å². The van der Waals surface area contributed by atoms with Crippen LogP contribution >= 0.6 is 0 Å². The first-order chi connectivity index (χ1) is 6.72. The van der Waals surface area contributed by atoms with Crippen LogP contribution in [0.3, 0.4) is 0 Å². The Kier molecular flexibility index (Phi) is 4.90. The standard InChI is InChI=1S/C10H21N3O/c1-9(6-11-2)7-13-5-3-4-12-10(14)8-13/h9,11H,3-8H2,1-2H3,(H,12,14). The van der Waals surface area contributed by atoms with Gasteiger partial charge in [-0.25, -0.2) is 0 Å². The highest BCUT2D eigenvalue weighted by Gasteiger charge is 2.15. The molecular weight excluding hydrogens is 178 g/mol. The molecule has 1 unspecified atom stereocenters. The zero-order valence-electron chi connectivity index (χ0n) is 9.18. The molecule has 1 aliphatic rings. The van der Waals surface area contributed by atoms with Gasteiger partial charge in [-0.05, 0) is 25.9 Å². The zero-order chi connectivity index (χ0) is 10.4. The van der Waals surface area contributed by atoms with Gasteiger partial charge in [-0.3, -0.25) is 9.69 Å². The Morgan fingerprint density at radius 3 is 3.14 bits per heavy atom. The third-order valence-electron chi connectivity index (χ3n) is 2.46. The number of amides is 1. The van der Waals surface area contributed by atoms with Crippen LogP contribution in [-0.2, 0) is 4.79 Å². The van der Waals surface area contributed by atoms with E-state index in [1.165, 1.54) is 0 Å². The maximum absolute atomic E-state index is 11.3. The molecule has 14 heavy (non-hydrogen) atoms. The van der Waals surface area contributed by atoms with E-state index in [0.29, 0.717) is 12.5 Å². The number of rotatable bonds is 4. The molecule has 0 saturated carbocycles. The Morgan fingerprint density at radius 2 is 2.43 bits per heavy atom. The Balaban J connectivity index is 2.30. The second-order valence-corrected chi connectivity index (χ2v) is 4.10. The number of hydrogen-bond acceptors (Lipinski definition) is 3. The van der Waals surface area contributed by atoms with Crippen LogP contribution in [-0.4, -0.2) is 50.6 Å². The van der Waals surface area contributed by atoms with Crippen LogP contribution < -0.4 is 10.6 Å². The third-order valence-corrected chi connectivity index (χ3v) is 2.46. The third kappa shape index (κ3) is 4.07. The lowest BCUT2D eigenvalue weighted by Crippen LogP contribution is -2.37. The summed E-state index contributed by atoms with van der Waals surface area (Å²) < 4.78 is 0. The molecule has 1 atom stereocenters. The van der Waals surface area contributed by atoms with Crippen LogP contribution in [0.25, 0.3) is 0 Å². The molecule has 0 aromatic heterocycles. The van der Waals surface area contributed by atoms with Crippen molar-refractivity contribution in [3.63, 3.8) is 0 Å². The van der Waals surface area contributed by atoms with Crippen molar-refractivity contribution in [2.24, 2.45) is 5.92 Å². The highest BCUT2D eigenvalue weighted by molar-refractivity contribution is 5.78. The topological polar surface area (TPSA) is 44.4 Å². The minimum absolute atomic E-state index is 0.166. The van der Waals surface area contributed by atoms with Crippen molar-refractivity contribution in [3.05, 3.63) is 0 Å². The molecule has 82 valence electrons. The molecular formula is C10H21N3O. The van der Waals surface area contributed by atoms with Gasteiger partial charge in [0.25, 0.3) is 0 Å². The van der Waals surface area contributed by atoms with Crippen LogP contribution in [0.4, 0.5) is 0 Å². The number of nitrogens with zero attached hydrogens (tertiary/aromatic N) is 1. The second-order valence-electron chi connectivity index (χ2n) is 4.10. The van der Waals surface area contributed by atoms with E-state index >= 15 is 0 Å². The van der Waals surface area contributed by atoms with Crippen molar-refractivity contribution < 1.29 is 4.79 Å². The van der Waals surface area contributed by atoms with Gasteiger partial charge in [0, 0.05) is 19.6 Å². The summed E-state index contributed by atoms with van der Waals surface area (Å²) in [6.45, 7) is 6.66. The van der Waals surface area contributed by atoms with Gasteiger partial charge in [0.2, 0.25) is 5.91 Å². The van der Waals surface area contributed by atoms with Gasteiger partial charge < -0.3 is 10.6 Å². The average Bonchev–Trinajstić information content (AvgIpc) is 2.30. The molecule has 0 aromatic carbocycles. The molecule has 0 radical (unpaired) electrons. The summed E-state index contributed by atoms with van der Waals surface area (Å²) in [6.07, 6.45) is 1.07. The van der Waals surface area contributed by atoms with Gasteiger partial charge >= 0.3 is 0 Å². The van der Waals surface area contributed by atoms with E-state index in [4.69, 9.17) is 0 Å². The molecule has 1 amide bonds. The van der Waals surface area contributed by atoms with Gasteiger partial charge in [-0.1, -0.05) is 6.92 Å². The fourth-order valence-electron chi connectivity index (χ4n) is 1.88. The molecule has 4 heteroatoms. The van der Waals surface area contributed by atoms with Crippen molar-refractivity contribution >= 4 is 5.91 Å². The molecule has 1 saturated heterocycles. The average molecular weight is 199 g/mol. The smallest absolute Gasteiger partial charge is 0.234 e. The molecule has 0 aliphatic carbocycles. The minimum atomic E-state index is 0.166. The Bertz CT molecular complexity index is 184. The summed E-state index contributed by atoms with van der Waals surface area (Å²) in [4.78, 5) is 13.5. The van der Waals surface area contributed by atoms with Gasteiger partial charge in [-0.2, -0.15) is 0 Å². The minimum Gasteiger partial charge on any atom is -0.355 e. The Morgan fingerprint density at radius 1 is 1.64 bits per heavy atom. The van der Waals surface area contributed by atoms with E-state index in [2.05, 4.69) is 22.5 Å². The summed E-state index contributed by atoms with van der Waals surface area (Å²) in [5, 5.41) is 6.04. The zero-order valence-corrected chi connectivity index (χ0v) is 9.18. The predicted molar refractivity (Wildman–Crippen MR) is 57.2 cm³/mol. The van der Waals surface area contributed by atoms with Crippen LogP contribution in [0.15, 0.2) is 0 Å². The van der Waals surface area contributed by atoms with E-state index in [9.17, 15) is 4.79 Å². The van der Waals surface area contributed by atoms with E-state index < -0.39 is 0 Å². The number of carbonyl (C=O) groups is 1. The van der Waals surface area contributed by atoms with Gasteiger partial charge in [-0.15, -0.1) is 0 Å². The highest BCUT2D eigenvalue weighted by Crippen LogP contribution is 2.01. The fraction of sp³-hybridized carbons (Fsp3) is 0.900. The SMILES string of the molecule is CNCC(C)CN1CCCNC(=O)C1. The van der Waals surface area contributed by atoms with Crippen molar-refractivity contribution in [3.8, 4) is 0 Å². The molecule has 4 nitrogen and oxygen atoms in total. The van der Waals surface area contributed by atoms with Crippen LogP contribution in [0, 0.1) is 5.92 Å². The van der Waals surface area contributed by atoms with E-state index in [-0.39, 0.29) is 5.91 Å². The molecule has 1 fully saturated rings. The second kappa shape index (κ2) is 5.98. The molecule has 1 rings (SSSR count). The first kappa shape index (κ1) is 11.5. The first-order valence-corrected chi connectivity index (χ1v) is 5.36. The molecule has 0 bridgehead atoms. The first-order valence-electron chi connectivity index (χ1n) is 5.36. The number of hydrogen-bond donors (Lipinski definition) is 2. The van der Waals surface area contributed by atoms with Gasteiger partial charge in [0.15, 0.2) is 0 Å². The molecule has 0 spiro atoms. The quantitative estimate of drug-likeness (QED) is 0.651. The van der Waals surface area contributed by atoms with Crippen molar-refractivity contribution in [2.45, 2.75) is 13.3 Å². The largest absolute Gasteiger partial charge is 0.355 e. The van der Waals surface area contributed by atoms with E-state index in [0.717, 1.165) is 32.6 Å². The lowest BCUT2D eigenvalue weighted by atomic mass is 10.1. The Labute approximate surface area is 86.0 Å². The summed E-state index contributed by atoms with van der Waals surface area (Å²) in [6, 6.07) is 0. The van der Waals surface area contributed by atoms with Gasteiger partial charge in [0.05, 0.1) is 6.54 Å². The molecule has 1 aliphatic heterocycles. The summed E-state index contributed by atoms with van der Waals surface area (Å²) in [7, 11) is 1.96. The van der Waals surface area contributed by atoms with Crippen molar-refractivity contribution in [1.29, 1.82) is 0 Å². The summed E-state index contributed by atoms with van der Waals surface area (Å²) in [5.74, 6) is 0.769. The van der Waals surface area contributed by atoms with Crippen LogP contribution in [0.1, 0.15) is 13.3 Å². The number of carbonyl (C=O) groups excluding carboxylic acids is 1. The predicted octanol–water partition coefficient (Wildman–Crippen LogP) is -0.336. The molecule has 1 heterocycles. The summed E-state index contributed by atoms with van der Waals surface area (Å²) >= 11 is 0. The highest BCUT2D eigenvalue weighted by atomic mass is 16.2. The lowest BCUT2D eigenvalue weighted by Gasteiger charge is -2.22. The number of nitrogens with one attached hydrogen (secondary N) is 2. The molecule has 0 aromatic rings. The maximum atomic E-state index is 11.3.